The van der Waals surface area contributed by atoms with Gasteiger partial charge < -0.3 is 15.0 Å². The lowest BCUT2D eigenvalue weighted by atomic mass is 10.1. The molecule has 0 aliphatic heterocycles. The highest BCUT2D eigenvalue weighted by molar-refractivity contribution is 7.92. The van der Waals surface area contributed by atoms with Gasteiger partial charge in [0.1, 0.15) is 17.6 Å². The van der Waals surface area contributed by atoms with E-state index in [1.54, 1.807) is 32.2 Å². The molecule has 2 aromatic carbocycles. The molecule has 0 radical (unpaired) electrons. The minimum Gasteiger partial charge on any atom is -0.497 e. The second-order valence-electron chi connectivity index (χ2n) is 8.60. The summed E-state index contributed by atoms with van der Waals surface area (Å²) >= 11 is 0. The molecule has 0 fully saturated rings. The average Bonchev–Trinajstić information content (AvgIpc) is 2.79. The van der Waals surface area contributed by atoms with Crippen molar-refractivity contribution >= 4 is 27.5 Å². The number of methoxy groups -OCH3 is 1. The number of amides is 2. The lowest BCUT2D eigenvalue weighted by Crippen LogP contribution is -2.49. The van der Waals surface area contributed by atoms with Crippen molar-refractivity contribution < 1.29 is 27.1 Å². The number of halogens is 1. The van der Waals surface area contributed by atoms with Crippen LogP contribution >= 0.6 is 0 Å². The van der Waals surface area contributed by atoms with Gasteiger partial charge in [0.05, 0.1) is 19.1 Å². The third-order valence-electron chi connectivity index (χ3n) is 5.38. The van der Waals surface area contributed by atoms with Crippen molar-refractivity contribution in [1.82, 2.24) is 10.2 Å². The maximum atomic E-state index is 14.2. The van der Waals surface area contributed by atoms with Crippen LogP contribution in [0, 0.1) is 5.82 Å². The first-order valence-electron chi connectivity index (χ1n) is 11.4. The number of carbonyl (C=O) groups is 2. The molecule has 1 atom stereocenters. The van der Waals surface area contributed by atoms with Gasteiger partial charge in [-0.05, 0) is 57.0 Å². The van der Waals surface area contributed by atoms with Crippen LogP contribution in [0.2, 0.25) is 0 Å². The van der Waals surface area contributed by atoms with E-state index in [1.165, 1.54) is 23.1 Å². The number of sulfonamides is 1. The van der Waals surface area contributed by atoms with E-state index >= 15 is 0 Å². The summed E-state index contributed by atoms with van der Waals surface area (Å²) in [5, 5.41) is 2.82. The zero-order valence-electron chi connectivity index (χ0n) is 20.8. The van der Waals surface area contributed by atoms with Gasteiger partial charge in [-0.25, -0.2) is 12.8 Å². The van der Waals surface area contributed by atoms with Crippen LogP contribution in [0.3, 0.4) is 0 Å². The highest BCUT2D eigenvalue weighted by Crippen LogP contribution is 2.22. The summed E-state index contributed by atoms with van der Waals surface area (Å²) in [5.74, 6) is -0.587. The summed E-state index contributed by atoms with van der Waals surface area (Å²) in [5.41, 5.74) is 0.745. The first-order chi connectivity index (χ1) is 16.4. The van der Waals surface area contributed by atoms with E-state index in [2.05, 4.69) is 5.32 Å². The van der Waals surface area contributed by atoms with Gasteiger partial charge in [-0.15, -0.1) is 0 Å². The maximum Gasteiger partial charge on any atom is 0.242 e. The third-order valence-corrected chi connectivity index (χ3v) is 6.56. The van der Waals surface area contributed by atoms with Gasteiger partial charge >= 0.3 is 0 Å². The molecule has 0 aliphatic carbocycles. The number of nitrogens with zero attached hydrogens (tertiary/aromatic N) is 2. The molecule has 0 saturated heterocycles. The van der Waals surface area contributed by atoms with E-state index in [1.807, 2.05) is 26.0 Å². The van der Waals surface area contributed by atoms with E-state index in [0.29, 0.717) is 5.75 Å². The van der Waals surface area contributed by atoms with Crippen molar-refractivity contribution in [3.05, 3.63) is 59.9 Å². The number of carbonyl (C=O) groups excluding carboxylic acids is 2. The van der Waals surface area contributed by atoms with Gasteiger partial charge in [-0.1, -0.05) is 24.3 Å². The summed E-state index contributed by atoms with van der Waals surface area (Å²) in [7, 11) is -2.20. The largest absolute Gasteiger partial charge is 0.497 e. The van der Waals surface area contributed by atoms with Crippen LogP contribution < -0.4 is 14.4 Å². The molecular formula is C25H34FN3O5S. The molecule has 2 rings (SSSR count). The summed E-state index contributed by atoms with van der Waals surface area (Å²) in [6.45, 7) is 5.44. The number of nitrogens with one attached hydrogen (secondary N) is 1. The second kappa shape index (κ2) is 12.5. The van der Waals surface area contributed by atoms with E-state index in [-0.39, 0.29) is 49.5 Å². The van der Waals surface area contributed by atoms with Gasteiger partial charge in [0.25, 0.3) is 0 Å². The normalized spacial score (nSPS) is 12.2. The Morgan fingerprint density at radius 1 is 1.06 bits per heavy atom. The summed E-state index contributed by atoms with van der Waals surface area (Å²) in [6.07, 6.45) is 1.13. The Morgan fingerprint density at radius 2 is 1.69 bits per heavy atom. The van der Waals surface area contributed by atoms with Gasteiger partial charge in [-0.2, -0.15) is 0 Å². The Balaban J connectivity index is 2.18. The minimum atomic E-state index is -3.76. The van der Waals surface area contributed by atoms with Crippen molar-refractivity contribution in [2.45, 2.75) is 52.2 Å². The van der Waals surface area contributed by atoms with Crippen LogP contribution in [0.4, 0.5) is 10.1 Å². The molecular weight excluding hydrogens is 473 g/mol. The molecule has 2 aromatic rings. The van der Waals surface area contributed by atoms with Crippen LogP contribution in [0.5, 0.6) is 5.75 Å². The Morgan fingerprint density at radius 3 is 2.23 bits per heavy atom. The molecule has 0 spiro atoms. The molecule has 1 unspecified atom stereocenters. The van der Waals surface area contributed by atoms with Gasteiger partial charge in [0.2, 0.25) is 21.8 Å². The molecule has 10 heteroatoms. The minimum absolute atomic E-state index is 0.0179. The molecule has 0 saturated carbocycles. The highest BCUT2D eigenvalue weighted by Gasteiger charge is 2.27. The van der Waals surface area contributed by atoms with Crippen LogP contribution in [0.25, 0.3) is 0 Å². The lowest BCUT2D eigenvalue weighted by Gasteiger charge is -2.30. The number of ether oxygens (including phenoxy) is 1. The van der Waals surface area contributed by atoms with Gasteiger partial charge in [-0.3, -0.25) is 13.9 Å². The summed E-state index contributed by atoms with van der Waals surface area (Å²) in [6, 6.07) is 11.9. The van der Waals surface area contributed by atoms with Crippen molar-refractivity contribution in [3.8, 4) is 5.75 Å². The molecule has 0 aliphatic rings. The molecule has 0 aromatic heterocycles. The second-order valence-corrected chi connectivity index (χ2v) is 10.5. The van der Waals surface area contributed by atoms with Crippen LogP contribution in [-0.2, 0) is 26.2 Å². The topological polar surface area (TPSA) is 96.0 Å². The summed E-state index contributed by atoms with van der Waals surface area (Å²) in [4.78, 5) is 27.4. The molecule has 35 heavy (non-hydrogen) atoms. The Kier molecular flexibility index (Phi) is 10.1. The first-order valence-corrected chi connectivity index (χ1v) is 13.2. The van der Waals surface area contributed by atoms with Crippen LogP contribution in [-0.4, -0.2) is 57.1 Å². The molecule has 0 bridgehead atoms. The molecule has 0 heterocycles. The van der Waals surface area contributed by atoms with Crippen molar-refractivity contribution in [2.24, 2.45) is 0 Å². The monoisotopic (exact) mass is 507 g/mol. The maximum absolute atomic E-state index is 14.2. The van der Waals surface area contributed by atoms with Crippen LogP contribution in [0.15, 0.2) is 48.5 Å². The quantitative estimate of drug-likeness (QED) is 0.476. The van der Waals surface area contributed by atoms with E-state index in [4.69, 9.17) is 4.74 Å². The standard InChI is InChI=1S/C25H34FN3O5S/c1-18(2)27-25(31)19(3)28(17-20-12-14-21(34-4)15-13-20)24(30)11-8-16-29(35(5,32)33)23-10-7-6-9-22(23)26/h6-7,9-10,12-15,18-19H,8,11,16-17H2,1-5H3,(H,27,31). The lowest BCUT2D eigenvalue weighted by molar-refractivity contribution is -0.140. The predicted octanol–water partition coefficient (Wildman–Crippen LogP) is 3.32. The molecule has 192 valence electrons. The third kappa shape index (κ3) is 8.24. The van der Waals surface area contributed by atoms with Crippen molar-refractivity contribution in [1.29, 1.82) is 0 Å². The van der Waals surface area contributed by atoms with E-state index < -0.39 is 21.9 Å². The fourth-order valence-electron chi connectivity index (χ4n) is 3.55. The number of benzene rings is 2. The Bertz CT molecular complexity index is 1110. The fraction of sp³-hybridized carbons (Fsp3) is 0.440. The average molecular weight is 508 g/mol. The number of anilines is 1. The first kappa shape index (κ1) is 28.1. The Labute approximate surface area is 207 Å². The van der Waals surface area contributed by atoms with Crippen molar-refractivity contribution in [3.63, 3.8) is 0 Å². The number of rotatable bonds is 12. The molecule has 2 amide bonds. The zero-order valence-corrected chi connectivity index (χ0v) is 21.6. The predicted molar refractivity (Wildman–Crippen MR) is 134 cm³/mol. The highest BCUT2D eigenvalue weighted by atomic mass is 32.2. The van der Waals surface area contributed by atoms with E-state index in [9.17, 15) is 22.4 Å². The van der Waals surface area contributed by atoms with Gasteiger partial charge in [0, 0.05) is 25.6 Å². The smallest absolute Gasteiger partial charge is 0.242 e. The SMILES string of the molecule is COc1ccc(CN(C(=O)CCCN(c2ccccc2F)S(C)(=O)=O)C(C)C(=O)NC(C)C)cc1. The fourth-order valence-corrected chi connectivity index (χ4v) is 4.52. The van der Waals surface area contributed by atoms with Crippen molar-refractivity contribution in [2.75, 3.05) is 24.2 Å². The number of para-hydroxylation sites is 1. The Hall–Kier alpha value is -3.14. The van der Waals surface area contributed by atoms with Gasteiger partial charge in [0.15, 0.2) is 0 Å². The summed E-state index contributed by atoms with van der Waals surface area (Å²) < 4.78 is 45.0. The molecule has 1 N–H and O–H groups in total. The molecule has 8 nitrogen and oxygen atoms in total. The number of hydrogen-bond donors (Lipinski definition) is 1. The van der Waals surface area contributed by atoms with Crippen LogP contribution in [0.1, 0.15) is 39.2 Å². The zero-order chi connectivity index (χ0) is 26.2. The van der Waals surface area contributed by atoms with E-state index in [0.717, 1.165) is 16.1 Å². The number of hydrogen-bond acceptors (Lipinski definition) is 5.